The number of halogens is 2. The van der Waals surface area contributed by atoms with Crippen LogP contribution in [0.15, 0.2) is 83.8 Å². The topological polar surface area (TPSA) is 86.8 Å². The van der Waals surface area contributed by atoms with E-state index in [-0.39, 0.29) is 33.1 Å². The molecule has 0 unspecified atom stereocenters. The van der Waals surface area contributed by atoms with Gasteiger partial charge in [0.2, 0.25) is 11.8 Å². The van der Waals surface area contributed by atoms with E-state index in [9.17, 15) is 18.0 Å². The van der Waals surface area contributed by atoms with Gasteiger partial charge in [0.1, 0.15) is 12.6 Å². The molecule has 38 heavy (non-hydrogen) atoms. The van der Waals surface area contributed by atoms with Crippen LogP contribution in [0.2, 0.25) is 10.0 Å². The van der Waals surface area contributed by atoms with Crippen LogP contribution in [0.1, 0.15) is 25.8 Å². The van der Waals surface area contributed by atoms with Crippen molar-refractivity contribution in [2.45, 2.75) is 37.6 Å². The Kier molecular flexibility index (Phi) is 10.6. The predicted molar refractivity (Wildman–Crippen MR) is 152 cm³/mol. The van der Waals surface area contributed by atoms with Crippen LogP contribution in [0.3, 0.4) is 0 Å². The van der Waals surface area contributed by atoms with Crippen molar-refractivity contribution in [3.63, 3.8) is 0 Å². The first-order valence-corrected chi connectivity index (χ1v) is 14.5. The maximum Gasteiger partial charge on any atom is 0.264 e. The average molecular weight is 577 g/mol. The summed E-state index contributed by atoms with van der Waals surface area (Å²) in [6.45, 7) is 3.75. The number of amides is 2. The van der Waals surface area contributed by atoms with E-state index >= 15 is 0 Å². The zero-order valence-electron chi connectivity index (χ0n) is 21.3. The van der Waals surface area contributed by atoms with Gasteiger partial charge in [0.15, 0.2) is 0 Å². The van der Waals surface area contributed by atoms with Crippen LogP contribution in [0.4, 0.5) is 5.69 Å². The summed E-state index contributed by atoms with van der Waals surface area (Å²) in [5, 5.41) is 3.23. The number of carbonyl (C=O) groups is 2. The van der Waals surface area contributed by atoms with E-state index in [1.54, 1.807) is 25.1 Å². The Morgan fingerprint density at radius 2 is 1.55 bits per heavy atom. The Morgan fingerprint density at radius 1 is 0.921 bits per heavy atom. The molecule has 0 radical (unpaired) electrons. The van der Waals surface area contributed by atoms with Crippen LogP contribution in [0.5, 0.6) is 0 Å². The van der Waals surface area contributed by atoms with E-state index in [1.807, 2.05) is 37.3 Å². The van der Waals surface area contributed by atoms with Crippen LogP contribution in [-0.4, -0.2) is 50.8 Å². The maximum atomic E-state index is 13.8. The fourth-order valence-corrected chi connectivity index (χ4v) is 5.57. The van der Waals surface area contributed by atoms with Gasteiger partial charge in [-0.1, -0.05) is 78.7 Å². The lowest BCUT2D eigenvalue weighted by Crippen LogP contribution is -2.52. The van der Waals surface area contributed by atoms with Crippen molar-refractivity contribution in [2.24, 2.45) is 0 Å². The zero-order valence-corrected chi connectivity index (χ0v) is 23.6. The van der Waals surface area contributed by atoms with Crippen LogP contribution in [-0.2, 0) is 26.0 Å². The molecule has 7 nitrogen and oxygen atoms in total. The summed E-state index contributed by atoms with van der Waals surface area (Å²) in [6, 6.07) is 21.0. The third-order valence-electron chi connectivity index (χ3n) is 6.00. The van der Waals surface area contributed by atoms with Crippen molar-refractivity contribution in [1.82, 2.24) is 10.2 Å². The van der Waals surface area contributed by atoms with Gasteiger partial charge in [-0.15, -0.1) is 0 Å². The minimum Gasteiger partial charge on any atom is -0.354 e. The van der Waals surface area contributed by atoms with E-state index in [1.165, 1.54) is 35.2 Å². The fourth-order valence-electron chi connectivity index (χ4n) is 3.85. The minimum atomic E-state index is -4.16. The van der Waals surface area contributed by atoms with Crippen LogP contribution >= 0.6 is 23.2 Å². The van der Waals surface area contributed by atoms with Gasteiger partial charge in [0.05, 0.1) is 20.6 Å². The first-order chi connectivity index (χ1) is 18.1. The summed E-state index contributed by atoms with van der Waals surface area (Å²) in [5.74, 6) is -0.828. The van der Waals surface area contributed by atoms with Crippen molar-refractivity contribution < 1.29 is 18.0 Å². The second-order valence-corrected chi connectivity index (χ2v) is 11.4. The van der Waals surface area contributed by atoms with E-state index in [0.29, 0.717) is 13.0 Å². The van der Waals surface area contributed by atoms with Gasteiger partial charge >= 0.3 is 0 Å². The second kappa shape index (κ2) is 13.6. The Balaban J connectivity index is 1.97. The summed E-state index contributed by atoms with van der Waals surface area (Å²) in [7, 11) is -4.16. The SMILES string of the molecule is CCCNC(=O)[C@H](C)N(CCc1ccccc1)C(=O)CN(c1ccc(Cl)c(Cl)c1)S(=O)(=O)c1ccccc1. The Labute approximate surface area is 234 Å². The van der Waals surface area contributed by atoms with Crippen molar-refractivity contribution in [2.75, 3.05) is 23.9 Å². The van der Waals surface area contributed by atoms with E-state index in [4.69, 9.17) is 23.2 Å². The lowest BCUT2D eigenvalue weighted by Gasteiger charge is -2.32. The highest BCUT2D eigenvalue weighted by Gasteiger charge is 2.32. The Hall–Kier alpha value is -3.07. The number of sulfonamides is 1. The van der Waals surface area contributed by atoms with E-state index < -0.39 is 28.5 Å². The van der Waals surface area contributed by atoms with Crippen LogP contribution < -0.4 is 9.62 Å². The molecule has 3 aromatic carbocycles. The molecule has 10 heteroatoms. The molecule has 0 heterocycles. The van der Waals surface area contributed by atoms with Gasteiger partial charge in [-0.05, 0) is 55.7 Å². The van der Waals surface area contributed by atoms with Gasteiger partial charge in [-0.25, -0.2) is 8.42 Å². The molecule has 202 valence electrons. The maximum absolute atomic E-state index is 13.8. The molecule has 0 bridgehead atoms. The molecule has 0 saturated heterocycles. The van der Waals surface area contributed by atoms with Gasteiger partial charge in [-0.3, -0.25) is 13.9 Å². The first kappa shape index (κ1) is 29.5. The monoisotopic (exact) mass is 575 g/mol. The predicted octanol–water partition coefficient (Wildman–Crippen LogP) is 5.17. The number of hydrogen-bond donors (Lipinski definition) is 1. The molecule has 0 aliphatic carbocycles. The highest BCUT2D eigenvalue weighted by molar-refractivity contribution is 7.92. The summed E-state index contributed by atoms with van der Waals surface area (Å²) in [5.41, 5.74) is 1.17. The third kappa shape index (κ3) is 7.49. The second-order valence-electron chi connectivity index (χ2n) is 8.71. The summed E-state index contributed by atoms with van der Waals surface area (Å²) in [4.78, 5) is 28.1. The van der Waals surface area contributed by atoms with Gasteiger partial charge < -0.3 is 10.2 Å². The molecule has 1 atom stereocenters. The molecule has 3 aromatic rings. The summed E-state index contributed by atoms with van der Waals surface area (Å²) >= 11 is 12.3. The number of nitrogens with zero attached hydrogens (tertiary/aromatic N) is 2. The van der Waals surface area contributed by atoms with Crippen LogP contribution in [0, 0.1) is 0 Å². The van der Waals surface area contributed by atoms with Crippen molar-refractivity contribution in [1.29, 1.82) is 0 Å². The van der Waals surface area contributed by atoms with Gasteiger partial charge in [0.25, 0.3) is 10.0 Å². The Morgan fingerprint density at radius 3 is 2.16 bits per heavy atom. The molecule has 0 aliphatic rings. The normalized spacial score (nSPS) is 12.0. The molecule has 0 aliphatic heterocycles. The Bertz CT molecular complexity index is 1340. The first-order valence-electron chi connectivity index (χ1n) is 12.3. The molecule has 0 spiro atoms. The molecule has 3 rings (SSSR count). The van der Waals surface area contributed by atoms with Crippen molar-refractivity contribution in [3.8, 4) is 0 Å². The molecule has 0 saturated carbocycles. The van der Waals surface area contributed by atoms with Gasteiger partial charge in [0, 0.05) is 13.1 Å². The van der Waals surface area contributed by atoms with E-state index in [0.717, 1.165) is 16.3 Å². The highest BCUT2D eigenvalue weighted by atomic mass is 35.5. The van der Waals surface area contributed by atoms with E-state index in [2.05, 4.69) is 5.32 Å². The lowest BCUT2D eigenvalue weighted by atomic mass is 10.1. The molecule has 1 N–H and O–H groups in total. The smallest absolute Gasteiger partial charge is 0.264 e. The molecular weight excluding hydrogens is 545 g/mol. The highest BCUT2D eigenvalue weighted by Crippen LogP contribution is 2.30. The molecule has 0 fully saturated rings. The van der Waals surface area contributed by atoms with Gasteiger partial charge in [-0.2, -0.15) is 0 Å². The lowest BCUT2D eigenvalue weighted by molar-refractivity contribution is -0.138. The number of rotatable bonds is 12. The molecule has 2 amide bonds. The summed E-state index contributed by atoms with van der Waals surface area (Å²) < 4.78 is 28.4. The molecular formula is C28H31Cl2N3O4S. The van der Waals surface area contributed by atoms with Crippen molar-refractivity contribution in [3.05, 3.63) is 94.5 Å². The average Bonchev–Trinajstić information content (AvgIpc) is 2.92. The van der Waals surface area contributed by atoms with Crippen molar-refractivity contribution >= 4 is 50.7 Å². The third-order valence-corrected chi connectivity index (χ3v) is 8.53. The minimum absolute atomic E-state index is 0.0171. The fraction of sp³-hybridized carbons (Fsp3) is 0.286. The summed E-state index contributed by atoms with van der Waals surface area (Å²) in [6.07, 6.45) is 1.24. The standard InChI is InChI=1S/C28H31Cl2N3O4S/c1-3-17-31-28(35)21(2)32(18-16-22-10-6-4-7-11-22)27(34)20-33(23-14-15-25(29)26(30)19-23)38(36,37)24-12-8-5-9-13-24/h4-15,19,21H,3,16-18,20H2,1-2H3,(H,31,35)/t21-/m0/s1. The quantitative estimate of drug-likeness (QED) is 0.322. The number of benzene rings is 3. The number of anilines is 1. The number of hydrogen-bond acceptors (Lipinski definition) is 4. The number of carbonyl (C=O) groups excluding carboxylic acids is 2. The largest absolute Gasteiger partial charge is 0.354 e. The van der Waals surface area contributed by atoms with Crippen LogP contribution in [0.25, 0.3) is 0 Å². The molecule has 0 aromatic heterocycles. The number of nitrogens with one attached hydrogen (secondary N) is 1. The zero-order chi connectivity index (χ0) is 27.7.